The highest BCUT2D eigenvalue weighted by atomic mass is 16.3. The lowest BCUT2D eigenvalue weighted by molar-refractivity contribution is -0.143. The first-order valence-corrected chi connectivity index (χ1v) is 10.7. The van der Waals surface area contributed by atoms with E-state index in [1.54, 1.807) is 0 Å². The largest absolute Gasteiger partial charge is 0.391 e. The standard InChI is InChI=1S/C22H37NO2/c1-13(24)16-7-8-17-15-6-5-14-11-19(23-4)20(25)12-22(14,3)18(15)9-10-21(16,17)2/h14-20,23,25H,5-12H2,1-4H3/t14-,15-,16+,17-,18-,19+,20-,21+,22-/m0/s1. The van der Waals surface area contributed by atoms with Gasteiger partial charge in [0.05, 0.1) is 6.10 Å². The third kappa shape index (κ3) is 2.48. The molecule has 0 aromatic heterocycles. The summed E-state index contributed by atoms with van der Waals surface area (Å²) in [6, 6.07) is 0.275. The minimum absolute atomic E-state index is 0.202. The van der Waals surface area contributed by atoms with E-state index in [9.17, 15) is 9.90 Å². The third-order valence-electron chi connectivity index (χ3n) is 9.58. The number of Topliss-reactive ketones (excluding diaryl/α,β-unsaturated/α-hetero) is 1. The monoisotopic (exact) mass is 347 g/mol. The highest BCUT2D eigenvalue weighted by Crippen LogP contribution is 2.67. The molecule has 4 rings (SSSR count). The van der Waals surface area contributed by atoms with E-state index in [0.29, 0.717) is 17.1 Å². The number of rotatable bonds is 2. The van der Waals surface area contributed by atoms with Gasteiger partial charge in [-0.15, -0.1) is 0 Å². The van der Waals surface area contributed by atoms with Crippen molar-refractivity contribution in [3.05, 3.63) is 0 Å². The van der Waals surface area contributed by atoms with Gasteiger partial charge in [-0.05, 0) is 99.8 Å². The average molecular weight is 348 g/mol. The molecule has 4 fully saturated rings. The number of nitrogens with one attached hydrogen (secondary N) is 1. The van der Waals surface area contributed by atoms with E-state index in [-0.39, 0.29) is 17.6 Å². The third-order valence-corrected chi connectivity index (χ3v) is 9.58. The first kappa shape index (κ1) is 18.0. The van der Waals surface area contributed by atoms with Gasteiger partial charge in [0, 0.05) is 12.0 Å². The molecule has 0 unspecified atom stereocenters. The second-order valence-electron chi connectivity index (χ2n) is 10.3. The van der Waals surface area contributed by atoms with E-state index >= 15 is 0 Å². The van der Waals surface area contributed by atoms with Crippen LogP contribution >= 0.6 is 0 Å². The zero-order valence-corrected chi connectivity index (χ0v) is 16.6. The fourth-order valence-electron chi connectivity index (χ4n) is 8.27. The quantitative estimate of drug-likeness (QED) is 0.799. The van der Waals surface area contributed by atoms with E-state index in [1.165, 1.54) is 32.1 Å². The smallest absolute Gasteiger partial charge is 0.133 e. The van der Waals surface area contributed by atoms with Crippen LogP contribution in [0.5, 0.6) is 0 Å². The fourth-order valence-corrected chi connectivity index (χ4v) is 8.27. The zero-order chi connectivity index (χ0) is 18.0. The number of fused-ring (bicyclic) bond motifs is 5. The lowest BCUT2D eigenvalue weighted by Crippen LogP contribution is -2.58. The molecule has 0 aromatic rings. The SMILES string of the molecule is CN[C@@H]1C[C@@H]2CC[C@@H]3[C@H](CC[C@]4(C)[C@@H](C(C)=O)CC[C@@H]34)[C@@]2(C)C[C@@H]1O. The lowest BCUT2D eigenvalue weighted by atomic mass is 9.44. The maximum Gasteiger partial charge on any atom is 0.133 e. The number of hydrogen-bond acceptors (Lipinski definition) is 3. The molecule has 3 nitrogen and oxygen atoms in total. The molecule has 142 valence electrons. The van der Waals surface area contributed by atoms with Crippen LogP contribution in [0.2, 0.25) is 0 Å². The fraction of sp³-hybridized carbons (Fsp3) is 0.955. The minimum Gasteiger partial charge on any atom is -0.391 e. The van der Waals surface area contributed by atoms with Gasteiger partial charge in [-0.2, -0.15) is 0 Å². The topological polar surface area (TPSA) is 49.3 Å². The van der Waals surface area contributed by atoms with E-state index < -0.39 is 0 Å². The molecule has 25 heavy (non-hydrogen) atoms. The van der Waals surface area contributed by atoms with Crippen LogP contribution in [-0.4, -0.2) is 30.1 Å². The highest BCUT2D eigenvalue weighted by Gasteiger charge is 2.61. The van der Waals surface area contributed by atoms with Crippen molar-refractivity contribution in [3.63, 3.8) is 0 Å². The van der Waals surface area contributed by atoms with Crippen LogP contribution in [0.25, 0.3) is 0 Å². The second kappa shape index (κ2) is 6.05. The summed E-state index contributed by atoms with van der Waals surface area (Å²) in [5.41, 5.74) is 0.544. The van der Waals surface area contributed by atoms with E-state index in [2.05, 4.69) is 19.2 Å². The van der Waals surface area contributed by atoms with Gasteiger partial charge >= 0.3 is 0 Å². The maximum absolute atomic E-state index is 12.2. The molecule has 0 saturated heterocycles. The summed E-state index contributed by atoms with van der Waals surface area (Å²) in [6.45, 7) is 6.73. The van der Waals surface area contributed by atoms with Gasteiger partial charge in [0.15, 0.2) is 0 Å². The number of hydrogen-bond donors (Lipinski definition) is 2. The van der Waals surface area contributed by atoms with E-state index in [0.717, 1.165) is 42.9 Å². The summed E-state index contributed by atoms with van der Waals surface area (Å²) < 4.78 is 0. The van der Waals surface area contributed by atoms with Crippen molar-refractivity contribution in [1.82, 2.24) is 5.32 Å². The molecule has 9 atom stereocenters. The maximum atomic E-state index is 12.2. The summed E-state index contributed by atoms with van der Waals surface area (Å²) in [4.78, 5) is 12.2. The molecular formula is C22H37NO2. The number of aliphatic hydroxyl groups is 1. The molecule has 0 radical (unpaired) electrons. The number of carbonyl (C=O) groups is 1. The van der Waals surface area contributed by atoms with Gasteiger partial charge in [0.25, 0.3) is 0 Å². The van der Waals surface area contributed by atoms with Crippen LogP contribution in [0.4, 0.5) is 0 Å². The predicted molar refractivity (Wildman–Crippen MR) is 100 cm³/mol. The predicted octanol–water partition coefficient (Wildman–Crippen LogP) is 3.79. The Labute approximate surface area is 153 Å². The van der Waals surface area contributed by atoms with Crippen LogP contribution < -0.4 is 5.32 Å². The molecule has 0 aliphatic heterocycles. The van der Waals surface area contributed by atoms with Crippen molar-refractivity contribution in [2.24, 2.45) is 40.4 Å². The molecule has 4 saturated carbocycles. The van der Waals surface area contributed by atoms with Crippen molar-refractivity contribution in [2.45, 2.75) is 84.3 Å². The molecule has 0 aromatic carbocycles. The molecule has 4 aliphatic rings. The van der Waals surface area contributed by atoms with Crippen LogP contribution in [0.1, 0.15) is 72.1 Å². The molecule has 0 amide bonds. The van der Waals surface area contributed by atoms with Crippen LogP contribution in [0.3, 0.4) is 0 Å². The minimum atomic E-state index is -0.202. The van der Waals surface area contributed by atoms with E-state index in [1.807, 2.05) is 14.0 Å². The van der Waals surface area contributed by atoms with Gasteiger partial charge in [-0.3, -0.25) is 4.79 Å². The van der Waals surface area contributed by atoms with Gasteiger partial charge in [-0.1, -0.05) is 13.8 Å². The van der Waals surface area contributed by atoms with Gasteiger partial charge in [0.2, 0.25) is 0 Å². The van der Waals surface area contributed by atoms with Crippen molar-refractivity contribution >= 4 is 5.78 Å². The highest BCUT2D eigenvalue weighted by molar-refractivity contribution is 5.79. The Kier molecular flexibility index (Phi) is 4.35. The number of carbonyl (C=O) groups excluding carboxylic acids is 1. The normalized spacial score (nSPS) is 55.2. The van der Waals surface area contributed by atoms with Crippen molar-refractivity contribution < 1.29 is 9.90 Å². The lowest BCUT2D eigenvalue weighted by Gasteiger charge is -2.61. The van der Waals surface area contributed by atoms with Crippen molar-refractivity contribution in [1.29, 1.82) is 0 Å². The second-order valence-corrected chi connectivity index (χ2v) is 10.3. The van der Waals surface area contributed by atoms with Gasteiger partial charge in [-0.25, -0.2) is 0 Å². The Hall–Kier alpha value is -0.410. The Morgan fingerprint density at radius 2 is 1.76 bits per heavy atom. The molecule has 2 N–H and O–H groups in total. The first-order valence-electron chi connectivity index (χ1n) is 10.7. The van der Waals surface area contributed by atoms with Crippen LogP contribution in [0, 0.1) is 40.4 Å². The summed E-state index contributed by atoms with van der Waals surface area (Å²) in [7, 11) is 1.99. The molecular weight excluding hydrogens is 310 g/mol. The Bertz CT molecular complexity index is 548. The van der Waals surface area contributed by atoms with Gasteiger partial charge in [0.1, 0.15) is 5.78 Å². The number of ketones is 1. The number of aliphatic hydroxyl groups excluding tert-OH is 1. The summed E-state index contributed by atoms with van der Waals surface area (Å²) in [6.07, 6.45) is 9.42. The molecule has 0 heterocycles. The Balaban J connectivity index is 1.60. The Morgan fingerprint density at radius 3 is 2.44 bits per heavy atom. The average Bonchev–Trinajstić information content (AvgIpc) is 2.91. The molecule has 0 bridgehead atoms. The van der Waals surface area contributed by atoms with Crippen LogP contribution in [0.15, 0.2) is 0 Å². The van der Waals surface area contributed by atoms with Crippen LogP contribution in [-0.2, 0) is 4.79 Å². The van der Waals surface area contributed by atoms with E-state index in [4.69, 9.17) is 0 Å². The van der Waals surface area contributed by atoms with Crippen molar-refractivity contribution in [3.8, 4) is 0 Å². The number of likely N-dealkylation sites (N-methyl/N-ethyl adjacent to an activating group) is 1. The molecule has 4 aliphatic carbocycles. The molecule has 0 spiro atoms. The summed E-state index contributed by atoms with van der Waals surface area (Å²) in [5.74, 6) is 3.74. The summed E-state index contributed by atoms with van der Waals surface area (Å²) >= 11 is 0. The first-order chi connectivity index (χ1) is 11.8. The van der Waals surface area contributed by atoms with Gasteiger partial charge < -0.3 is 10.4 Å². The summed E-state index contributed by atoms with van der Waals surface area (Å²) in [5, 5.41) is 14.1. The van der Waals surface area contributed by atoms with Crippen molar-refractivity contribution in [2.75, 3.05) is 7.05 Å². The molecule has 3 heteroatoms. The zero-order valence-electron chi connectivity index (χ0n) is 16.6. The Morgan fingerprint density at radius 1 is 1.04 bits per heavy atom.